The summed E-state index contributed by atoms with van der Waals surface area (Å²) < 4.78 is 0. The van der Waals surface area contributed by atoms with Crippen molar-refractivity contribution in [3.63, 3.8) is 0 Å². The minimum absolute atomic E-state index is 0.00719. The highest BCUT2D eigenvalue weighted by Crippen LogP contribution is 2.22. The second kappa shape index (κ2) is 6.36. The van der Waals surface area contributed by atoms with Crippen LogP contribution in [-0.2, 0) is 19.2 Å². The summed E-state index contributed by atoms with van der Waals surface area (Å²) in [6, 6.07) is -0.0484. The molecular weight excluding hydrogens is 268 g/mol. The van der Waals surface area contributed by atoms with Crippen molar-refractivity contribution in [1.82, 2.24) is 9.80 Å². The van der Waals surface area contributed by atoms with Crippen LogP contribution in [0.2, 0.25) is 0 Å². The van der Waals surface area contributed by atoms with Gasteiger partial charge in [0, 0.05) is 19.0 Å². The van der Waals surface area contributed by atoms with Crippen LogP contribution in [0.15, 0.2) is 0 Å². The molecule has 1 atom stereocenters. The normalized spacial score (nSPS) is 18.4. The zero-order chi connectivity index (χ0) is 15.4. The molecule has 1 unspecified atom stereocenters. The van der Waals surface area contributed by atoms with E-state index in [2.05, 4.69) is 0 Å². The van der Waals surface area contributed by atoms with E-state index in [1.807, 2.05) is 13.8 Å². The van der Waals surface area contributed by atoms with E-state index >= 15 is 0 Å². The first-order valence-corrected chi connectivity index (χ1v) is 6.24. The number of nitrogens with zero attached hydrogens (tertiary/aromatic N) is 2. The molecule has 0 aliphatic carbocycles. The molecule has 2 amide bonds. The summed E-state index contributed by atoms with van der Waals surface area (Å²) in [5.41, 5.74) is 0. The highest BCUT2D eigenvalue weighted by Gasteiger charge is 2.38. The molecule has 1 rings (SSSR count). The number of carbonyl (C=O) groups is 4. The highest BCUT2D eigenvalue weighted by molar-refractivity contribution is 5.92. The highest BCUT2D eigenvalue weighted by atomic mass is 16.4. The van der Waals surface area contributed by atoms with Crippen LogP contribution >= 0.6 is 0 Å². The molecule has 0 aromatic rings. The van der Waals surface area contributed by atoms with Crippen LogP contribution in [-0.4, -0.2) is 69.4 Å². The molecule has 1 fully saturated rings. The van der Waals surface area contributed by atoms with E-state index in [4.69, 9.17) is 10.2 Å². The molecule has 1 aliphatic rings. The van der Waals surface area contributed by atoms with E-state index in [-0.39, 0.29) is 24.9 Å². The van der Waals surface area contributed by atoms with Crippen LogP contribution in [0.3, 0.4) is 0 Å². The first-order chi connectivity index (χ1) is 9.22. The van der Waals surface area contributed by atoms with Crippen molar-refractivity contribution in [1.29, 1.82) is 0 Å². The number of hydrogen-bond donors (Lipinski definition) is 2. The summed E-state index contributed by atoms with van der Waals surface area (Å²) in [5, 5.41) is 17.4. The molecule has 8 heteroatoms. The van der Waals surface area contributed by atoms with Gasteiger partial charge < -0.3 is 20.0 Å². The third kappa shape index (κ3) is 3.94. The van der Waals surface area contributed by atoms with Crippen molar-refractivity contribution in [3.05, 3.63) is 0 Å². The van der Waals surface area contributed by atoms with Crippen LogP contribution in [0.5, 0.6) is 0 Å². The summed E-state index contributed by atoms with van der Waals surface area (Å²) in [6.07, 6.45) is -0.00719. The van der Waals surface area contributed by atoms with E-state index in [0.29, 0.717) is 0 Å². The zero-order valence-electron chi connectivity index (χ0n) is 11.4. The topological polar surface area (TPSA) is 115 Å². The number of carboxylic acids is 2. The van der Waals surface area contributed by atoms with Crippen LogP contribution < -0.4 is 0 Å². The van der Waals surface area contributed by atoms with Gasteiger partial charge in [-0.05, 0) is 13.8 Å². The number of carboxylic acid groups (broad SMARTS) is 2. The molecule has 0 bridgehead atoms. The third-order valence-corrected chi connectivity index (χ3v) is 3.09. The van der Waals surface area contributed by atoms with Gasteiger partial charge in [0.2, 0.25) is 11.8 Å². The van der Waals surface area contributed by atoms with Crippen molar-refractivity contribution < 1.29 is 29.4 Å². The average molecular weight is 286 g/mol. The second-order valence-corrected chi connectivity index (χ2v) is 5.02. The van der Waals surface area contributed by atoms with E-state index in [1.165, 1.54) is 4.90 Å². The van der Waals surface area contributed by atoms with E-state index < -0.39 is 36.9 Å². The van der Waals surface area contributed by atoms with Crippen LogP contribution in [0.4, 0.5) is 0 Å². The van der Waals surface area contributed by atoms with Gasteiger partial charge in [-0.1, -0.05) is 0 Å². The van der Waals surface area contributed by atoms with Crippen LogP contribution in [0, 0.1) is 5.92 Å². The molecule has 112 valence electrons. The van der Waals surface area contributed by atoms with Gasteiger partial charge in [-0.2, -0.15) is 0 Å². The number of hydrogen-bond acceptors (Lipinski definition) is 4. The largest absolute Gasteiger partial charge is 0.480 e. The predicted molar refractivity (Wildman–Crippen MR) is 66.8 cm³/mol. The Morgan fingerprint density at radius 2 is 1.75 bits per heavy atom. The molecule has 0 radical (unpaired) electrons. The lowest BCUT2D eigenvalue weighted by atomic mass is 10.1. The summed E-state index contributed by atoms with van der Waals surface area (Å²) in [5.74, 6) is -4.03. The SMILES string of the molecule is CC(C)N1CC(C(=O)N(CC(=O)O)CC(=O)O)CC1=O. The maximum absolute atomic E-state index is 12.2. The molecule has 1 aliphatic heterocycles. The smallest absolute Gasteiger partial charge is 0.323 e. The lowest BCUT2D eigenvalue weighted by molar-refractivity contribution is -0.151. The van der Waals surface area contributed by atoms with Gasteiger partial charge >= 0.3 is 11.9 Å². The van der Waals surface area contributed by atoms with Crippen molar-refractivity contribution >= 4 is 23.8 Å². The Morgan fingerprint density at radius 3 is 2.10 bits per heavy atom. The number of rotatable bonds is 6. The van der Waals surface area contributed by atoms with Crippen molar-refractivity contribution in [2.45, 2.75) is 26.3 Å². The van der Waals surface area contributed by atoms with Gasteiger partial charge in [-0.3, -0.25) is 19.2 Å². The number of likely N-dealkylation sites (tertiary alicyclic amines) is 1. The Labute approximate surface area is 116 Å². The molecule has 0 saturated carbocycles. The summed E-state index contributed by atoms with van der Waals surface area (Å²) in [6.45, 7) is 2.47. The Balaban J connectivity index is 2.77. The lowest BCUT2D eigenvalue weighted by Crippen LogP contribution is -2.43. The quantitative estimate of drug-likeness (QED) is 0.663. The standard InChI is InChI=1S/C12H18N2O6/c1-7(2)14-4-8(3-9(14)15)12(20)13(5-10(16)17)6-11(18)19/h7-8H,3-6H2,1-2H3,(H,16,17)(H,18,19). The molecule has 8 nitrogen and oxygen atoms in total. The molecule has 0 aromatic carbocycles. The lowest BCUT2D eigenvalue weighted by Gasteiger charge is -2.23. The molecule has 0 spiro atoms. The molecule has 0 aromatic heterocycles. The second-order valence-electron chi connectivity index (χ2n) is 5.02. The molecular formula is C12H18N2O6. The summed E-state index contributed by atoms with van der Waals surface area (Å²) in [4.78, 5) is 47.5. The summed E-state index contributed by atoms with van der Waals surface area (Å²) in [7, 11) is 0. The third-order valence-electron chi connectivity index (χ3n) is 3.09. The first-order valence-electron chi connectivity index (χ1n) is 6.24. The fourth-order valence-corrected chi connectivity index (χ4v) is 2.19. The number of carbonyl (C=O) groups excluding carboxylic acids is 2. The molecule has 20 heavy (non-hydrogen) atoms. The van der Waals surface area contributed by atoms with Crippen LogP contribution in [0.25, 0.3) is 0 Å². The van der Waals surface area contributed by atoms with Gasteiger partial charge in [-0.25, -0.2) is 0 Å². The maximum atomic E-state index is 12.2. The number of aliphatic carboxylic acids is 2. The van der Waals surface area contributed by atoms with E-state index in [1.54, 1.807) is 0 Å². The van der Waals surface area contributed by atoms with E-state index in [9.17, 15) is 19.2 Å². The average Bonchev–Trinajstić information content (AvgIpc) is 2.68. The number of amides is 2. The monoisotopic (exact) mass is 286 g/mol. The van der Waals surface area contributed by atoms with Gasteiger partial charge in [0.25, 0.3) is 0 Å². The fourth-order valence-electron chi connectivity index (χ4n) is 2.19. The Morgan fingerprint density at radius 1 is 1.25 bits per heavy atom. The minimum atomic E-state index is -1.29. The van der Waals surface area contributed by atoms with Gasteiger partial charge in [-0.15, -0.1) is 0 Å². The maximum Gasteiger partial charge on any atom is 0.323 e. The van der Waals surface area contributed by atoms with Crippen molar-refractivity contribution in [2.24, 2.45) is 5.92 Å². The van der Waals surface area contributed by atoms with Gasteiger partial charge in [0.15, 0.2) is 0 Å². The van der Waals surface area contributed by atoms with Crippen molar-refractivity contribution in [3.8, 4) is 0 Å². The van der Waals surface area contributed by atoms with Gasteiger partial charge in [0.1, 0.15) is 13.1 Å². The fraction of sp³-hybridized carbons (Fsp3) is 0.667. The molecule has 2 N–H and O–H groups in total. The predicted octanol–water partition coefficient (Wildman–Crippen LogP) is -0.759. The van der Waals surface area contributed by atoms with Crippen molar-refractivity contribution in [2.75, 3.05) is 19.6 Å². The molecule has 1 saturated heterocycles. The first kappa shape index (κ1) is 15.9. The van der Waals surface area contributed by atoms with Gasteiger partial charge in [0.05, 0.1) is 5.92 Å². The minimum Gasteiger partial charge on any atom is -0.480 e. The zero-order valence-corrected chi connectivity index (χ0v) is 11.4. The summed E-state index contributed by atoms with van der Waals surface area (Å²) >= 11 is 0. The Bertz CT molecular complexity index is 418. The Hall–Kier alpha value is -2.12. The van der Waals surface area contributed by atoms with Crippen LogP contribution in [0.1, 0.15) is 20.3 Å². The Kier molecular flexibility index (Phi) is 5.06. The molecule has 1 heterocycles. The van der Waals surface area contributed by atoms with E-state index in [0.717, 1.165) is 4.90 Å².